The van der Waals surface area contributed by atoms with Crippen molar-refractivity contribution in [2.24, 2.45) is 5.41 Å². The van der Waals surface area contributed by atoms with E-state index in [4.69, 9.17) is 14.2 Å². The smallest absolute Gasteiger partial charge is 0.315 e. The molecule has 2 rings (SSSR count). The van der Waals surface area contributed by atoms with Gasteiger partial charge >= 0.3 is 5.97 Å². The summed E-state index contributed by atoms with van der Waals surface area (Å²) in [4.78, 5) is 12.1. The quantitative estimate of drug-likeness (QED) is 0.716. The molecule has 5 nitrogen and oxygen atoms in total. The number of rotatable bonds is 2. The second-order valence-corrected chi connectivity index (χ2v) is 4.87. The minimum absolute atomic E-state index is 0.210. The van der Waals surface area contributed by atoms with Crippen LogP contribution in [0.1, 0.15) is 25.7 Å². The molecule has 0 saturated carbocycles. The first-order chi connectivity index (χ1) is 8.15. The average molecular weight is 244 g/mol. The molecule has 2 heterocycles. The van der Waals surface area contributed by atoms with Crippen LogP contribution in [0.4, 0.5) is 0 Å². The van der Waals surface area contributed by atoms with E-state index in [9.17, 15) is 9.90 Å². The second kappa shape index (κ2) is 4.92. The number of ether oxygens (including phenoxy) is 3. The van der Waals surface area contributed by atoms with Crippen molar-refractivity contribution in [2.75, 3.05) is 33.5 Å². The standard InChI is InChI=1S/C12H20O5/c1-15-10(13)11(4-7-16-8-5-11)12(14)3-2-6-17-9-12/h14H,2-9H2,1H3. The fourth-order valence-corrected chi connectivity index (χ4v) is 2.93. The molecule has 0 radical (unpaired) electrons. The normalized spacial score (nSPS) is 33.1. The van der Waals surface area contributed by atoms with Crippen LogP contribution in [0, 0.1) is 5.41 Å². The van der Waals surface area contributed by atoms with Crippen molar-refractivity contribution >= 4 is 5.97 Å². The highest BCUT2D eigenvalue weighted by Gasteiger charge is 2.57. The van der Waals surface area contributed by atoms with Crippen LogP contribution in [0.25, 0.3) is 0 Å². The maximum atomic E-state index is 12.1. The van der Waals surface area contributed by atoms with Gasteiger partial charge in [-0.05, 0) is 25.7 Å². The van der Waals surface area contributed by atoms with Crippen LogP contribution < -0.4 is 0 Å². The van der Waals surface area contributed by atoms with Gasteiger partial charge in [-0.25, -0.2) is 0 Å². The highest BCUT2D eigenvalue weighted by Crippen LogP contribution is 2.46. The summed E-state index contributed by atoms with van der Waals surface area (Å²) in [5.41, 5.74) is -1.97. The third-order valence-electron chi connectivity index (χ3n) is 4.03. The predicted molar refractivity (Wildman–Crippen MR) is 59.5 cm³/mol. The van der Waals surface area contributed by atoms with Crippen molar-refractivity contribution in [1.82, 2.24) is 0 Å². The lowest BCUT2D eigenvalue weighted by atomic mass is 9.64. The van der Waals surface area contributed by atoms with Gasteiger partial charge in [-0.15, -0.1) is 0 Å². The Hall–Kier alpha value is -0.650. The lowest BCUT2D eigenvalue weighted by Gasteiger charge is -2.48. The second-order valence-electron chi connectivity index (χ2n) is 4.87. The van der Waals surface area contributed by atoms with Crippen molar-refractivity contribution in [3.8, 4) is 0 Å². The van der Waals surface area contributed by atoms with E-state index in [0.717, 1.165) is 6.42 Å². The molecule has 98 valence electrons. The number of hydrogen-bond donors (Lipinski definition) is 1. The molecule has 5 heteroatoms. The molecule has 0 aromatic heterocycles. The summed E-state index contributed by atoms with van der Waals surface area (Å²) >= 11 is 0. The van der Waals surface area contributed by atoms with Crippen LogP contribution >= 0.6 is 0 Å². The van der Waals surface area contributed by atoms with E-state index in [-0.39, 0.29) is 12.6 Å². The van der Waals surface area contributed by atoms with Crippen molar-refractivity contribution in [2.45, 2.75) is 31.3 Å². The van der Waals surface area contributed by atoms with Gasteiger partial charge in [-0.1, -0.05) is 0 Å². The number of esters is 1. The molecule has 0 aromatic carbocycles. The highest BCUT2D eigenvalue weighted by atomic mass is 16.5. The molecular weight excluding hydrogens is 224 g/mol. The Balaban J connectivity index is 2.27. The number of carbonyl (C=O) groups is 1. The third-order valence-corrected chi connectivity index (χ3v) is 4.03. The lowest BCUT2D eigenvalue weighted by molar-refractivity contribution is -0.209. The molecular formula is C12H20O5. The maximum absolute atomic E-state index is 12.1. The molecule has 2 saturated heterocycles. The first-order valence-electron chi connectivity index (χ1n) is 6.11. The molecule has 0 amide bonds. The Bertz CT molecular complexity index is 277. The van der Waals surface area contributed by atoms with Crippen LogP contribution in [0.15, 0.2) is 0 Å². The Morgan fingerprint density at radius 1 is 1.18 bits per heavy atom. The summed E-state index contributed by atoms with van der Waals surface area (Å²) in [5.74, 6) is -0.339. The van der Waals surface area contributed by atoms with E-state index in [0.29, 0.717) is 39.1 Å². The van der Waals surface area contributed by atoms with E-state index < -0.39 is 11.0 Å². The SMILES string of the molecule is COC(=O)C1(C2(O)CCCOC2)CCOCC1. The Morgan fingerprint density at radius 3 is 2.41 bits per heavy atom. The first-order valence-corrected chi connectivity index (χ1v) is 6.11. The molecule has 1 N–H and O–H groups in total. The van der Waals surface area contributed by atoms with Gasteiger partial charge in [0.2, 0.25) is 0 Å². The summed E-state index contributed by atoms with van der Waals surface area (Å²) in [5, 5.41) is 10.8. The van der Waals surface area contributed by atoms with Gasteiger partial charge in [0.15, 0.2) is 0 Å². The van der Waals surface area contributed by atoms with Gasteiger partial charge < -0.3 is 19.3 Å². The van der Waals surface area contributed by atoms with Crippen LogP contribution in [0.2, 0.25) is 0 Å². The van der Waals surface area contributed by atoms with Gasteiger partial charge in [0.25, 0.3) is 0 Å². The number of methoxy groups -OCH3 is 1. The molecule has 0 bridgehead atoms. The van der Waals surface area contributed by atoms with Crippen LogP contribution in [-0.4, -0.2) is 50.2 Å². The molecule has 2 aliphatic heterocycles. The summed E-state index contributed by atoms with van der Waals surface area (Å²) in [6.07, 6.45) is 2.36. The Kier molecular flexibility index (Phi) is 3.70. The van der Waals surface area contributed by atoms with E-state index in [1.165, 1.54) is 7.11 Å². The van der Waals surface area contributed by atoms with E-state index in [1.807, 2.05) is 0 Å². The van der Waals surface area contributed by atoms with Crippen molar-refractivity contribution in [3.63, 3.8) is 0 Å². The third kappa shape index (κ3) is 2.07. The number of carbonyl (C=O) groups excluding carboxylic acids is 1. The molecule has 2 fully saturated rings. The summed E-state index contributed by atoms with van der Waals surface area (Å²) in [6, 6.07) is 0. The van der Waals surface area contributed by atoms with Gasteiger partial charge in [0.1, 0.15) is 11.0 Å². The summed E-state index contributed by atoms with van der Waals surface area (Å²) in [7, 11) is 1.37. The van der Waals surface area contributed by atoms with Crippen LogP contribution in [0.3, 0.4) is 0 Å². The zero-order chi connectivity index (χ0) is 12.4. The number of hydrogen-bond acceptors (Lipinski definition) is 5. The van der Waals surface area contributed by atoms with Crippen molar-refractivity contribution in [1.29, 1.82) is 0 Å². The predicted octanol–water partition coefficient (Wildman–Crippen LogP) is 0.498. The highest BCUT2D eigenvalue weighted by molar-refractivity contribution is 5.78. The van der Waals surface area contributed by atoms with Gasteiger partial charge in [-0.2, -0.15) is 0 Å². The zero-order valence-electron chi connectivity index (χ0n) is 10.2. The molecule has 1 atom stereocenters. The number of aliphatic hydroxyl groups is 1. The monoisotopic (exact) mass is 244 g/mol. The maximum Gasteiger partial charge on any atom is 0.315 e. The molecule has 2 aliphatic rings. The Morgan fingerprint density at radius 2 is 1.88 bits per heavy atom. The van der Waals surface area contributed by atoms with Crippen LogP contribution in [0.5, 0.6) is 0 Å². The molecule has 1 unspecified atom stereocenters. The molecule has 0 aromatic rings. The minimum atomic E-state index is -1.11. The fraction of sp³-hybridized carbons (Fsp3) is 0.917. The topological polar surface area (TPSA) is 65.0 Å². The lowest BCUT2D eigenvalue weighted by Crippen LogP contribution is -2.60. The molecule has 0 spiro atoms. The largest absolute Gasteiger partial charge is 0.469 e. The van der Waals surface area contributed by atoms with Crippen molar-refractivity contribution < 1.29 is 24.1 Å². The van der Waals surface area contributed by atoms with E-state index >= 15 is 0 Å². The van der Waals surface area contributed by atoms with E-state index in [2.05, 4.69) is 0 Å². The van der Waals surface area contributed by atoms with E-state index in [1.54, 1.807) is 0 Å². The minimum Gasteiger partial charge on any atom is -0.469 e. The fourth-order valence-electron chi connectivity index (χ4n) is 2.93. The van der Waals surface area contributed by atoms with Gasteiger partial charge in [0, 0.05) is 19.8 Å². The summed E-state index contributed by atoms with van der Waals surface area (Å²) in [6.45, 7) is 1.83. The van der Waals surface area contributed by atoms with Gasteiger partial charge in [0.05, 0.1) is 13.7 Å². The zero-order valence-corrected chi connectivity index (χ0v) is 10.2. The first kappa shape index (κ1) is 12.8. The molecule has 17 heavy (non-hydrogen) atoms. The van der Waals surface area contributed by atoms with Crippen LogP contribution in [-0.2, 0) is 19.0 Å². The average Bonchev–Trinajstić information content (AvgIpc) is 2.39. The van der Waals surface area contributed by atoms with Crippen molar-refractivity contribution in [3.05, 3.63) is 0 Å². The van der Waals surface area contributed by atoms with Gasteiger partial charge in [-0.3, -0.25) is 4.79 Å². The summed E-state index contributed by atoms with van der Waals surface area (Å²) < 4.78 is 15.6. The Labute approximate surface area is 101 Å². The molecule has 0 aliphatic carbocycles.